The van der Waals surface area contributed by atoms with Crippen LogP contribution in [0.25, 0.3) is 0 Å². The number of carbonyl (C=O) groups is 1. The van der Waals surface area contributed by atoms with Crippen LogP contribution in [0.15, 0.2) is 28.8 Å². The first-order chi connectivity index (χ1) is 10.3. The number of hydrogen-bond donors (Lipinski definition) is 2. The molecule has 1 aliphatic rings. The van der Waals surface area contributed by atoms with E-state index in [-0.39, 0.29) is 18.0 Å². The maximum atomic E-state index is 11.8. The Kier molecular flexibility index (Phi) is 4.20. The van der Waals surface area contributed by atoms with Crippen molar-refractivity contribution in [3.05, 3.63) is 36.0 Å². The zero-order valence-corrected chi connectivity index (χ0v) is 11.6. The molecule has 2 aromatic rings. The van der Waals surface area contributed by atoms with Gasteiger partial charge in [-0.3, -0.25) is 15.1 Å². The standard InChI is InChI=1S/C14H17N5O2/c20-12(7-6-10-4-1-2-8-15-10)17-14-19-18-13(21-14)11-5-3-9-16-11/h1-2,4,8,11,16H,3,5-7,9H2,(H,17,19,20). The Morgan fingerprint density at radius 3 is 3.14 bits per heavy atom. The predicted molar refractivity (Wildman–Crippen MR) is 75.5 cm³/mol. The summed E-state index contributed by atoms with van der Waals surface area (Å²) in [5, 5.41) is 13.7. The molecule has 0 saturated carbocycles. The Morgan fingerprint density at radius 1 is 1.43 bits per heavy atom. The molecule has 21 heavy (non-hydrogen) atoms. The highest BCUT2D eigenvalue weighted by molar-refractivity contribution is 5.88. The molecule has 3 rings (SSSR count). The van der Waals surface area contributed by atoms with Gasteiger partial charge < -0.3 is 9.73 Å². The third-order valence-corrected chi connectivity index (χ3v) is 3.38. The number of anilines is 1. The van der Waals surface area contributed by atoms with E-state index < -0.39 is 0 Å². The topological polar surface area (TPSA) is 92.9 Å². The van der Waals surface area contributed by atoms with Gasteiger partial charge in [-0.05, 0) is 37.9 Å². The fourth-order valence-corrected chi connectivity index (χ4v) is 2.29. The molecule has 3 heterocycles. The number of aryl methyl sites for hydroxylation is 1. The summed E-state index contributed by atoms with van der Waals surface area (Å²) in [6, 6.07) is 5.91. The fraction of sp³-hybridized carbons (Fsp3) is 0.429. The molecule has 0 spiro atoms. The summed E-state index contributed by atoms with van der Waals surface area (Å²) < 4.78 is 5.46. The number of carbonyl (C=O) groups excluding carboxylic acids is 1. The van der Waals surface area contributed by atoms with E-state index in [4.69, 9.17) is 4.42 Å². The average molecular weight is 287 g/mol. The molecule has 1 saturated heterocycles. The number of rotatable bonds is 5. The summed E-state index contributed by atoms with van der Waals surface area (Å²) in [4.78, 5) is 16.0. The number of hydrogen-bond acceptors (Lipinski definition) is 6. The van der Waals surface area contributed by atoms with E-state index in [1.807, 2.05) is 18.2 Å². The molecule has 2 N–H and O–H groups in total. The fourth-order valence-electron chi connectivity index (χ4n) is 2.29. The van der Waals surface area contributed by atoms with Gasteiger partial charge in [-0.1, -0.05) is 11.2 Å². The molecule has 7 nitrogen and oxygen atoms in total. The molecule has 7 heteroatoms. The van der Waals surface area contributed by atoms with Crippen LogP contribution in [0.3, 0.4) is 0 Å². The SMILES string of the molecule is O=C(CCc1ccccn1)Nc1nnc(C2CCCN2)o1. The van der Waals surface area contributed by atoms with Gasteiger partial charge in [0.15, 0.2) is 0 Å². The van der Waals surface area contributed by atoms with Gasteiger partial charge in [0.2, 0.25) is 11.8 Å². The minimum absolute atomic E-state index is 0.108. The van der Waals surface area contributed by atoms with E-state index in [1.54, 1.807) is 6.20 Å². The highest BCUT2D eigenvalue weighted by Crippen LogP contribution is 2.22. The van der Waals surface area contributed by atoms with Crippen molar-refractivity contribution in [2.24, 2.45) is 0 Å². The van der Waals surface area contributed by atoms with Crippen molar-refractivity contribution < 1.29 is 9.21 Å². The minimum Gasteiger partial charge on any atom is -0.406 e. The first kappa shape index (κ1) is 13.7. The first-order valence-corrected chi connectivity index (χ1v) is 7.08. The molecule has 0 aromatic carbocycles. The molecule has 1 amide bonds. The lowest BCUT2D eigenvalue weighted by Crippen LogP contribution is -2.13. The minimum atomic E-state index is -0.157. The highest BCUT2D eigenvalue weighted by Gasteiger charge is 2.22. The lowest BCUT2D eigenvalue weighted by atomic mass is 10.2. The number of amides is 1. The summed E-state index contributed by atoms with van der Waals surface area (Å²) in [7, 11) is 0. The summed E-state index contributed by atoms with van der Waals surface area (Å²) in [5.41, 5.74) is 0.883. The summed E-state index contributed by atoms with van der Waals surface area (Å²) in [6.45, 7) is 0.957. The molecule has 1 fully saturated rings. The monoisotopic (exact) mass is 287 g/mol. The van der Waals surface area contributed by atoms with E-state index in [0.29, 0.717) is 18.7 Å². The molecule has 110 valence electrons. The van der Waals surface area contributed by atoms with Crippen LogP contribution in [0.4, 0.5) is 6.01 Å². The number of nitrogens with zero attached hydrogens (tertiary/aromatic N) is 3. The van der Waals surface area contributed by atoms with Crippen molar-refractivity contribution in [2.45, 2.75) is 31.7 Å². The molecule has 0 bridgehead atoms. The molecule has 2 aromatic heterocycles. The maximum Gasteiger partial charge on any atom is 0.322 e. The molecular weight excluding hydrogens is 270 g/mol. The second kappa shape index (κ2) is 6.45. The zero-order valence-electron chi connectivity index (χ0n) is 11.6. The van der Waals surface area contributed by atoms with Crippen molar-refractivity contribution in [1.29, 1.82) is 0 Å². The molecular formula is C14H17N5O2. The van der Waals surface area contributed by atoms with Crippen molar-refractivity contribution in [2.75, 3.05) is 11.9 Å². The van der Waals surface area contributed by atoms with E-state index in [0.717, 1.165) is 25.1 Å². The second-order valence-corrected chi connectivity index (χ2v) is 4.96. The van der Waals surface area contributed by atoms with Gasteiger partial charge in [0, 0.05) is 18.3 Å². The second-order valence-electron chi connectivity index (χ2n) is 4.96. The molecule has 0 aliphatic carbocycles. The Labute approximate surface area is 122 Å². The Balaban J connectivity index is 1.50. The molecule has 1 atom stereocenters. The molecule has 0 radical (unpaired) electrons. The van der Waals surface area contributed by atoms with Crippen molar-refractivity contribution >= 4 is 11.9 Å². The Bertz CT molecular complexity index is 592. The van der Waals surface area contributed by atoms with Gasteiger partial charge >= 0.3 is 6.01 Å². The van der Waals surface area contributed by atoms with Crippen LogP contribution in [-0.2, 0) is 11.2 Å². The Hall–Kier alpha value is -2.28. The number of nitrogens with one attached hydrogen (secondary N) is 2. The van der Waals surface area contributed by atoms with Crippen LogP contribution >= 0.6 is 0 Å². The van der Waals surface area contributed by atoms with Gasteiger partial charge in [-0.15, -0.1) is 5.10 Å². The van der Waals surface area contributed by atoms with E-state index in [1.165, 1.54) is 0 Å². The lowest BCUT2D eigenvalue weighted by molar-refractivity contribution is -0.116. The van der Waals surface area contributed by atoms with Gasteiger partial charge in [0.1, 0.15) is 0 Å². The largest absolute Gasteiger partial charge is 0.406 e. The predicted octanol–water partition coefficient (Wildman–Crippen LogP) is 1.46. The van der Waals surface area contributed by atoms with Crippen LogP contribution in [0.5, 0.6) is 0 Å². The van der Waals surface area contributed by atoms with Crippen LogP contribution in [-0.4, -0.2) is 27.6 Å². The van der Waals surface area contributed by atoms with Crippen LogP contribution < -0.4 is 10.6 Å². The smallest absolute Gasteiger partial charge is 0.322 e. The van der Waals surface area contributed by atoms with Crippen LogP contribution in [0.2, 0.25) is 0 Å². The van der Waals surface area contributed by atoms with E-state index in [9.17, 15) is 4.79 Å². The summed E-state index contributed by atoms with van der Waals surface area (Å²) in [5.74, 6) is 0.378. The highest BCUT2D eigenvalue weighted by atomic mass is 16.4. The van der Waals surface area contributed by atoms with Crippen molar-refractivity contribution in [3.63, 3.8) is 0 Å². The quantitative estimate of drug-likeness (QED) is 0.864. The average Bonchev–Trinajstić information content (AvgIpc) is 3.17. The van der Waals surface area contributed by atoms with Gasteiger partial charge in [-0.2, -0.15) is 0 Å². The van der Waals surface area contributed by atoms with Crippen molar-refractivity contribution in [1.82, 2.24) is 20.5 Å². The molecule has 1 unspecified atom stereocenters. The number of aromatic nitrogens is 3. The van der Waals surface area contributed by atoms with Crippen molar-refractivity contribution in [3.8, 4) is 0 Å². The lowest BCUT2D eigenvalue weighted by Gasteiger charge is -2.03. The molecule has 1 aliphatic heterocycles. The Morgan fingerprint density at radius 2 is 2.38 bits per heavy atom. The van der Waals surface area contributed by atoms with Gasteiger partial charge in [0.05, 0.1) is 6.04 Å². The van der Waals surface area contributed by atoms with Gasteiger partial charge in [-0.25, -0.2) is 0 Å². The van der Waals surface area contributed by atoms with Crippen LogP contribution in [0, 0.1) is 0 Å². The van der Waals surface area contributed by atoms with E-state index >= 15 is 0 Å². The normalized spacial score (nSPS) is 17.8. The summed E-state index contributed by atoms with van der Waals surface area (Å²) in [6.07, 6.45) is 4.70. The van der Waals surface area contributed by atoms with Crippen LogP contribution in [0.1, 0.15) is 36.9 Å². The van der Waals surface area contributed by atoms with E-state index in [2.05, 4.69) is 25.8 Å². The number of pyridine rings is 1. The summed E-state index contributed by atoms with van der Waals surface area (Å²) >= 11 is 0. The maximum absolute atomic E-state index is 11.8. The zero-order chi connectivity index (χ0) is 14.5. The third-order valence-electron chi connectivity index (χ3n) is 3.38. The first-order valence-electron chi connectivity index (χ1n) is 7.08. The van der Waals surface area contributed by atoms with Gasteiger partial charge in [0.25, 0.3) is 0 Å². The third kappa shape index (κ3) is 3.63.